The van der Waals surface area contributed by atoms with E-state index in [9.17, 15) is 4.79 Å². The molecule has 4 aromatic rings. The molecule has 0 fully saturated rings. The van der Waals surface area contributed by atoms with Crippen LogP contribution in [0.25, 0.3) is 10.6 Å². The Morgan fingerprint density at radius 1 is 1.13 bits per heavy atom. The predicted octanol–water partition coefficient (Wildman–Crippen LogP) is 5.04. The van der Waals surface area contributed by atoms with Gasteiger partial charge in [0.15, 0.2) is 0 Å². The van der Waals surface area contributed by atoms with E-state index in [2.05, 4.69) is 25.5 Å². The number of ether oxygens (including phenoxy) is 1. The molecule has 1 atom stereocenters. The van der Waals surface area contributed by atoms with Crippen LogP contribution in [0.5, 0.6) is 5.88 Å². The van der Waals surface area contributed by atoms with Gasteiger partial charge in [-0.25, -0.2) is 4.98 Å². The highest BCUT2D eigenvalue weighted by Crippen LogP contribution is 2.29. The number of nitrogens with one attached hydrogen (secondary N) is 1. The lowest BCUT2D eigenvalue weighted by Gasteiger charge is -2.15. The number of rotatable bonds is 6. The smallest absolute Gasteiger partial charge is 0.259 e. The minimum atomic E-state index is -0.385. The zero-order valence-corrected chi connectivity index (χ0v) is 17.4. The van der Waals surface area contributed by atoms with Crippen LogP contribution in [0.2, 0.25) is 5.02 Å². The van der Waals surface area contributed by atoms with E-state index >= 15 is 0 Å². The summed E-state index contributed by atoms with van der Waals surface area (Å²) in [5, 5.41) is 12.1. The first-order valence-corrected chi connectivity index (χ1v) is 10.2. The Morgan fingerprint density at radius 3 is 2.63 bits per heavy atom. The van der Waals surface area contributed by atoms with Crippen molar-refractivity contribution >= 4 is 34.0 Å². The molecule has 7 nitrogen and oxygen atoms in total. The fourth-order valence-electron chi connectivity index (χ4n) is 2.65. The van der Waals surface area contributed by atoms with Gasteiger partial charge in [0, 0.05) is 24.2 Å². The average molecular weight is 438 g/mol. The SMILES string of the molecule is C[C@@H](Oc1ncc(C(=O)Nc2nnc(-c3ccncc3)s2)cc1Cl)c1ccccc1. The van der Waals surface area contributed by atoms with Gasteiger partial charge in [-0.15, -0.1) is 10.2 Å². The molecule has 4 rings (SSSR count). The number of aromatic nitrogens is 4. The molecule has 0 aliphatic heterocycles. The number of benzene rings is 1. The Bertz CT molecular complexity index is 1150. The van der Waals surface area contributed by atoms with E-state index < -0.39 is 0 Å². The van der Waals surface area contributed by atoms with Crippen LogP contribution in [0.3, 0.4) is 0 Å². The van der Waals surface area contributed by atoms with Gasteiger partial charge in [-0.2, -0.15) is 0 Å². The van der Waals surface area contributed by atoms with Crippen LogP contribution >= 0.6 is 22.9 Å². The summed E-state index contributed by atoms with van der Waals surface area (Å²) in [6, 6.07) is 14.9. The zero-order valence-electron chi connectivity index (χ0n) is 15.8. The van der Waals surface area contributed by atoms with Crippen molar-refractivity contribution in [3.8, 4) is 16.5 Å². The first-order valence-electron chi connectivity index (χ1n) is 9.02. The summed E-state index contributed by atoms with van der Waals surface area (Å²) in [4.78, 5) is 20.7. The standard InChI is InChI=1S/C21H16ClN5O2S/c1-13(14-5-3-2-4-6-14)29-19-17(22)11-16(12-24-19)18(28)25-21-27-26-20(30-21)15-7-9-23-10-8-15/h2-13H,1H3,(H,25,27,28)/t13-/m1/s1. The molecule has 150 valence electrons. The summed E-state index contributed by atoms with van der Waals surface area (Å²) in [6.45, 7) is 1.91. The van der Waals surface area contributed by atoms with Crippen LogP contribution in [0.1, 0.15) is 28.9 Å². The van der Waals surface area contributed by atoms with Gasteiger partial charge in [0.1, 0.15) is 16.1 Å². The van der Waals surface area contributed by atoms with Crippen LogP contribution < -0.4 is 10.1 Å². The van der Waals surface area contributed by atoms with Crippen molar-refractivity contribution < 1.29 is 9.53 Å². The van der Waals surface area contributed by atoms with Crippen LogP contribution in [0.15, 0.2) is 67.1 Å². The summed E-state index contributed by atoms with van der Waals surface area (Å²) in [5.74, 6) is -0.120. The fourth-order valence-corrected chi connectivity index (χ4v) is 3.60. The summed E-state index contributed by atoms with van der Waals surface area (Å²) in [5.41, 5.74) is 2.17. The number of hydrogen-bond donors (Lipinski definition) is 1. The normalized spacial score (nSPS) is 11.7. The van der Waals surface area contributed by atoms with Gasteiger partial charge >= 0.3 is 0 Å². The first-order chi connectivity index (χ1) is 14.6. The number of carbonyl (C=O) groups excluding carboxylic acids is 1. The molecule has 0 aliphatic carbocycles. The van der Waals surface area contributed by atoms with Crippen LogP contribution in [0.4, 0.5) is 5.13 Å². The summed E-state index contributed by atoms with van der Waals surface area (Å²) in [6.07, 6.45) is 4.53. The van der Waals surface area contributed by atoms with Crippen molar-refractivity contribution in [3.63, 3.8) is 0 Å². The number of halogens is 1. The lowest BCUT2D eigenvalue weighted by Crippen LogP contribution is -2.12. The van der Waals surface area contributed by atoms with E-state index in [4.69, 9.17) is 16.3 Å². The third kappa shape index (κ3) is 4.61. The fraction of sp³-hybridized carbons (Fsp3) is 0.0952. The van der Waals surface area contributed by atoms with Gasteiger partial charge in [-0.3, -0.25) is 15.1 Å². The Balaban J connectivity index is 1.44. The molecule has 30 heavy (non-hydrogen) atoms. The van der Waals surface area contributed by atoms with Crippen molar-refractivity contribution in [2.75, 3.05) is 5.32 Å². The van der Waals surface area contributed by atoms with Crippen LogP contribution in [-0.2, 0) is 0 Å². The van der Waals surface area contributed by atoms with Gasteiger partial charge in [0.05, 0.1) is 5.56 Å². The van der Waals surface area contributed by atoms with Crippen molar-refractivity contribution in [1.29, 1.82) is 0 Å². The van der Waals surface area contributed by atoms with Crippen LogP contribution in [0, 0.1) is 0 Å². The third-order valence-corrected chi connectivity index (χ3v) is 5.36. The van der Waals surface area contributed by atoms with Gasteiger partial charge < -0.3 is 4.74 Å². The maximum Gasteiger partial charge on any atom is 0.259 e. The zero-order chi connectivity index (χ0) is 20.9. The third-order valence-electron chi connectivity index (χ3n) is 4.20. The number of nitrogens with zero attached hydrogens (tertiary/aromatic N) is 4. The highest BCUT2D eigenvalue weighted by Gasteiger charge is 2.16. The van der Waals surface area contributed by atoms with Crippen molar-refractivity contribution in [1.82, 2.24) is 20.2 Å². The second-order valence-electron chi connectivity index (χ2n) is 6.28. The Morgan fingerprint density at radius 2 is 1.90 bits per heavy atom. The first kappa shape index (κ1) is 19.9. The molecule has 0 aliphatic rings. The van der Waals surface area contributed by atoms with E-state index in [-0.39, 0.29) is 22.9 Å². The van der Waals surface area contributed by atoms with Gasteiger partial charge in [0.25, 0.3) is 5.91 Å². The van der Waals surface area contributed by atoms with Gasteiger partial charge in [-0.05, 0) is 30.7 Å². The molecule has 3 heterocycles. The van der Waals surface area contributed by atoms with E-state index in [0.29, 0.717) is 15.7 Å². The van der Waals surface area contributed by atoms with E-state index in [1.165, 1.54) is 23.6 Å². The largest absolute Gasteiger partial charge is 0.469 e. The van der Waals surface area contributed by atoms with Gasteiger partial charge in [0.2, 0.25) is 11.0 Å². The number of hydrogen-bond acceptors (Lipinski definition) is 7. The second kappa shape index (κ2) is 8.98. The number of amides is 1. The summed E-state index contributed by atoms with van der Waals surface area (Å²) in [7, 11) is 0. The molecule has 0 spiro atoms. The van der Waals surface area contributed by atoms with E-state index in [1.54, 1.807) is 12.4 Å². The molecule has 1 N–H and O–H groups in total. The highest BCUT2D eigenvalue weighted by atomic mass is 35.5. The molecule has 0 bridgehead atoms. The summed E-state index contributed by atoms with van der Waals surface area (Å²) < 4.78 is 5.84. The number of carbonyl (C=O) groups is 1. The molecule has 0 unspecified atom stereocenters. The molecule has 1 aromatic carbocycles. The minimum absolute atomic E-state index is 0.233. The monoisotopic (exact) mass is 437 g/mol. The maximum atomic E-state index is 12.5. The molecule has 0 radical (unpaired) electrons. The topological polar surface area (TPSA) is 89.9 Å². The Hall–Kier alpha value is -3.36. The summed E-state index contributed by atoms with van der Waals surface area (Å²) >= 11 is 7.56. The van der Waals surface area contributed by atoms with Crippen molar-refractivity contribution in [3.05, 3.63) is 83.3 Å². The van der Waals surface area contributed by atoms with Crippen molar-refractivity contribution in [2.45, 2.75) is 13.0 Å². The molecular weight excluding hydrogens is 422 g/mol. The minimum Gasteiger partial charge on any atom is -0.469 e. The Labute approximate surface area is 181 Å². The second-order valence-corrected chi connectivity index (χ2v) is 7.67. The van der Waals surface area contributed by atoms with E-state index in [0.717, 1.165) is 11.1 Å². The maximum absolute atomic E-state index is 12.5. The quantitative estimate of drug-likeness (QED) is 0.454. The van der Waals surface area contributed by atoms with Gasteiger partial charge in [-0.1, -0.05) is 53.3 Å². The Kier molecular flexibility index (Phi) is 5.97. The molecule has 1 amide bonds. The molecule has 9 heteroatoms. The predicted molar refractivity (Wildman–Crippen MR) is 116 cm³/mol. The lowest BCUT2D eigenvalue weighted by atomic mass is 10.1. The molecule has 0 saturated carbocycles. The number of pyridine rings is 2. The molecule has 0 saturated heterocycles. The number of anilines is 1. The lowest BCUT2D eigenvalue weighted by molar-refractivity contribution is 0.102. The highest BCUT2D eigenvalue weighted by molar-refractivity contribution is 7.18. The average Bonchev–Trinajstić information content (AvgIpc) is 3.24. The van der Waals surface area contributed by atoms with E-state index in [1.807, 2.05) is 49.4 Å². The van der Waals surface area contributed by atoms with Crippen LogP contribution in [-0.4, -0.2) is 26.1 Å². The molecule has 3 aromatic heterocycles. The van der Waals surface area contributed by atoms with Crippen molar-refractivity contribution in [2.24, 2.45) is 0 Å². The molecular formula is C21H16ClN5O2S.